The largest absolute Gasteiger partial charge is 0.368 e. The molecule has 2 unspecified atom stereocenters. The fourth-order valence-electron chi connectivity index (χ4n) is 2.52. The van der Waals surface area contributed by atoms with E-state index in [4.69, 9.17) is 23.1 Å². The minimum Gasteiger partial charge on any atom is -0.368 e. The zero-order chi connectivity index (χ0) is 13.3. The normalized spacial score (nSPS) is 24.1. The van der Waals surface area contributed by atoms with E-state index in [1.54, 1.807) is 18.2 Å². The van der Waals surface area contributed by atoms with Crippen LogP contribution in [0.5, 0.6) is 0 Å². The molecule has 1 aliphatic rings. The van der Waals surface area contributed by atoms with Gasteiger partial charge in [-0.3, -0.25) is 4.79 Å². The van der Waals surface area contributed by atoms with Crippen molar-refractivity contribution in [2.24, 2.45) is 11.5 Å². The molecule has 1 amide bonds. The second-order valence-electron chi connectivity index (χ2n) is 4.85. The first kappa shape index (κ1) is 13.2. The number of nitrogens with two attached hydrogens (primary N) is 2. The molecular formula is C13H18ClN3O. The first-order valence-electron chi connectivity index (χ1n) is 6.10. The molecule has 98 valence electrons. The second kappa shape index (κ2) is 5.16. The molecule has 1 aliphatic heterocycles. The number of nitrogens with zero attached hydrogens (tertiary/aromatic N) is 1. The molecule has 18 heavy (non-hydrogen) atoms. The summed E-state index contributed by atoms with van der Waals surface area (Å²) in [5, 5.41) is 0.608. The average Bonchev–Trinajstić information content (AvgIpc) is 2.28. The highest BCUT2D eigenvalue weighted by Gasteiger charge is 2.26. The summed E-state index contributed by atoms with van der Waals surface area (Å²) in [6.45, 7) is 2.92. The Bertz CT molecular complexity index is 464. The number of carbonyl (C=O) groups is 1. The molecule has 5 heteroatoms. The molecule has 2 rings (SSSR count). The van der Waals surface area contributed by atoms with Crippen molar-refractivity contribution in [2.45, 2.75) is 31.8 Å². The summed E-state index contributed by atoms with van der Waals surface area (Å²) in [6, 6.07) is 5.68. The van der Waals surface area contributed by atoms with Gasteiger partial charge < -0.3 is 16.4 Å². The summed E-state index contributed by atoms with van der Waals surface area (Å²) >= 11 is 6.01. The molecule has 0 saturated carbocycles. The van der Waals surface area contributed by atoms with E-state index in [1.807, 2.05) is 0 Å². The molecule has 0 spiro atoms. The van der Waals surface area contributed by atoms with Crippen LogP contribution in [0, 0.1) is 0 Å². The van der Waals surface area contributed by atoms with E-state index < -0.39 is 5.91 Å². The van der Waals surface area contributed by atoms with Crippen LogP contribution in [0.25, 0.3) is 0 Å². The van der Waals surface area contributed by atoms with E-state index in [9.17, 15) is 4.79 Å². The standard InChI is InChI=1S/C13H18ClN3O/c1-8-6-10(15)4-5-17(8)12-7-9(14)2-3-11(12)13(16)18/h2-3,7-8,10H,4-6,15H2,1H3,(H2,16,18). The Hall–Kier alpha value is -1.26. The van der Waals surface area contributed by atoms with Gasteiger partial charge in [0.15, 0.2) is 0 Å². The molecule has 0 aliphatic carbocycles. The molecule has 0 bridgehead atoms. The molecule has 1 aromatic carbocycles. The van der Waals surface area contributed by atoms with Gasteiger partial charge in [0.25, 0.3) is 5.91 Å². The van der Waals surface area contributed by atoms with Crippen molar-refractivity contribution < 1.29 is 4.79 Å². The summed E-state index contributed by atoms with van der Waals surface area (Å²) in [5.41, 5.74) is 12.7. The number of halogens is 1. The van der Waals surface area contributed by atoms with E-state index in [1.165, 1.54) is 0 Å². The lowest BCUT2D eigenvalue weighted by molar-refractivity contribution is 0.100. The molecule has 4 N–H and O–H groups in total. The summed E-state index contributed by atoms with van der Waals surface area (Å²) in [7, 11) is 0. The Labute approximate surface area is 112 Å². The van der Waals surface area contributed by atoms with Gasteiger partial charge >= 0.3 is 0 Å². The first-order chi connectivity index (χ1) is 8.49. The fourth-order valence-corrected chi connectivity index (χ4v) is 2.68. The van der Waals surface area contributed by atoms with E-state index in [0.717, 1.165) is 25.1 Å². The smallest absolute Gasteiger partial charge is 0.250 e. The van der Waals surface area contributed by atoms with Gasteiger partial charge in [-0.15, -0.1) is 0 Å². The number of primary amides is 1. The molecule has 2 atom stereocenters. The van der Waals surface area contributed by atoms with Crippen molar-refractivity contribution in [1.29, 1.82) is 0 Å². The van der Waals surface area contributed by atoms with Gasteiger partial charge in [0.05, 0.1) is 11.3 Å². The molecule has 1 heterocycles. The number of hydrogen-bond donors (Lipinski definition) is 2. The third-order valence-electron chi connectivity index (χ3n) is 3.45. The molecule has 0 aromatic heterocycles. The Balaban J connectivity index is 2.37. The van der Waals surface area contributed by atoms with E-state index in [2.05, 4.69) is 11.8 Å². The summed E-state index contributed by atoms with van der Waals surface area (Å²) in [6.07, 6.45) is 1.82. The first-order valence-corrected chi connectivity index (χ1v) is 6.48. The lowest BCUT2D eigenvalue weighted by Crippen LogP contribution is -2.46. The zero-order valence-corrected chi connectivity index (χ0v) is 11.2. The van der Waals surface area contributed by atoms with Crippen LogP contribution < -0.4 is 16.4 Å². The van der Waals surface area contributed by atoms with E-state index >= 15 is 0 Å². The zero-order valence-electron chi connectivity index (χ0n) is 10.4. The quantitative estimate of drug-likeness (QED) is 0.858. The minimum atomic E-state index is -0.427. The Morgan fingerprint density at radius 3 is 2.83 bits per heavy atom. The lowest BCUT2D eigenvalue weighted by atomic mass is 9.97. The number of hydrogen-bond acceptors (Lipinski definition) is 3. The van der Waals surface area contributed by atoms with Gasteiger partial charge in [-0.25, -0.2) is 0 Å². The Morgan fingerprint density at radius 1 is 1.50 bits per heavy atom. The highest BCUT2D eigenvalue weighted by molar-refractivity contribution is 6.31. The maximum Gasteiger partial charge on any atom is 0.250 e. The van der Waals surface area contributed by atoms with Gasteiger partial charge in [-0.2, -0.15) is 0 Å². The molecule has 4 nitrogen and oxygen atoms in total. The van der Waals surface area contributed by atoms with Crippen molar-refractivity contribution in [3.8, 4) is 0 Å². The predicted molar refractivity (Wildman–Crippen MR) is 74.0 cm³/mol. The van der Waals surface area contributed by atoms with Gasteiger partial charge in [-0.1, -0.05) is 11.6 Å². The number of piperidine rings is 1. The Kier molecular flexibility index (Phi) is 3.78. The molecule has 1 saturated heterocycles. The third-order valence-corrected chi connectivity index (χ3v) is 3.69. The average molecular weight is 268 g/mol. The molecule has 0 radical (unpaired) electrons. The Morgan fingerprint density at radius 2 is 2.22 bits per heavy atom. The molecular weight excluding hydrogens is 250 g/mol. The predicted octanol–water partition coefficient (Wildman–Crippen LogP) is 1.75. The summed E-state index contributed by atoms with van der Waals surface area (Å²) in [4.78, 5) is 13.6. The fraction of sp³-hybridized carbons (Fsp3) is 0.462. The van der Waals surface area contributed by atoms with Crippen molar-refractivity contribution in [3.63, 3.8) is 0 Å². The van der Waals surface area contributed by atoms with Gasteiger partial charge in [0.1, 0.15) is 0 Å². The van der Waals surface area contributed by atoms with Crippen molar-refractivity contribution in [1.82, 2.24) is 0 Å². The number of benzene rings is 1. The number of carbonyl (C=O) groups excluding carboxylic acids is 1. The maximum absolute atomic E-state index is 11.5. The summed E-state index contributed by atoms with van der Waals surface area (Å²) in [5.74, 6) is -0.427. The van der Waals surface area contributed by atoms with E-state index in [0.29, 0.717) is 10.6 Å². The van der Waals surface area contributed by atoms with Crippen molar-refractivity contribution in [2.75, 3.05) is 11.4 Å². The van der Waals surface area contributed by atoms with Gasteiger partial charge in [0.2, 0.25) is 0 Å². The maximum atomic E-state index is 11.5. The van der Waals surface area contributed by atoms with Crippen LogP contribution in [0.3, 0.4) is 0 Å². The van der Waals surface area contributed by atoms with Crippen LogP contribution in [0.15, 0.2) is 18.2 Å². The van der Waals surface area contributed by atoms with Crippen LogP contribution >= 0.6 is 11.6 Å². The van der Waals surface area contributed by atoms with Crippen LogP contribution in [0.4, 0.5) is 5.69 Å². The van der Waals surface area contributed by atoms with E-state index in [-0.39, 0.29) is 12.1 Å². The van der Waals surface area contributed by atoms with Crippen LogP contribution in [-0.4, -0.2) is 24.5 Å². The molecule has 1 aromatic rings. The topological polar surface area (TPSA) is 72.3 Å². The van der Waals surface area contributed by atoms with Crippen LogP contribution in [0.1, 0.15) is 30.1 Å². The number of anilines is 1. The monoisotopic (exact) mass is 267 g/mol. The van der Waals surface area contributed by atoms with Crippen molar-refractivity contribution in [3.05, 3.63) is 28.8 Å². The number of rotatable bonds is 2. The second-order valence-corrected chi connectivity index (χ2v) is 5.29. The van der Waals surface area contributed by atoms with Gasteiger partial charge in [-0.05, 0) is 38.0 Å². The van der Waals surface area contributed by atoms with Crippen LogP contribution in [0.2, 0.25) is 5.02 Å². The highest BCUT2D eigenvalue weighted by Crippen LogP contribution is 2.30. The van der Waals surface area contributed by atoms with Crippen LogP contribution in [-0.2, 0) is 0 Å². The number of amides is 1. The third kappa shape index (κ3) is 2.60. The lowest BCUT2D eigenvalue weighted by Gasteiger charge is -2.38. The summed E-state index contributed by atoms with van der Waals surface area (Å²) < 4.78 is 0. The van der Waals surface area contributed by atoms with Crippen molar-refractivity contribution >= 4 is 23.2 Å². The van der Waals surface area contributed by atoms with Gasteiger partial charge in [0, 0.05) is 23.7 Å². The minimum absolute atomic E-state index is 0.229. The molecule has 1 fully saturated rings. The highest BCUT2D eigenvalue weighted by atomic mass is 35.5. The SMILES string of the molecule is CC1CC(N)CCN1c1cc(Cl)ccc1C(N)=O.